The van der Waals surface area contributed by atoms with Crippen LogP contribution < -0.4 is 11.1 Å². The van der Waals surface area contributed by atoms with Crippen molar-refractivity contribution >= 4 is 0 Å². The lowest BCUT2D eigenvalue weighted by Crippen LogP contribution is -2.31. The second-order valence-corrected chi connectivity index (χ2v) is 5.02. The minimum Gasteiger partial charge on any atom is -0.378 e. The molecule has 16 heavy (non-hydrogen) atoms. The molecule has 1 atom stereocenters. The highest BCUT2D eigenvalue weighted by atomic mass is 16.5. The molecule has 1 unspecified atom stereocenters. The fourth-order valence-corrected chi connectivity index (χ4v) is 2.07. The van der Waals surface area contributed by atoms with Gasteiger partial charge in [-0.05, 0) is 52.0 Å². The summed E-state index contributed by atoms with van der Waals surface area (Å²) in [6, 6.07) is 1.06. The second kappa shape index (κ2) is 8.04. The summed E-state index contributed by atoms with van der Waals surface area (Å²) >= 11 is 0. The lowest BCUT2D eigenvalue weighted by Gasteiger charge is -2.26. The van der Waals surface area contributed by atoms with Gasteiger partial charge in [0, 0.05) is 18.7 Å². The van der Waals surface area contributed by atoms with E-state index in [1.165, 1.54) is 6.42 Å². The summed E-state index contributed by atoms with van der Waals surface area (Å²) < 4.78 is 5.85. The first-order chi connectivity index (χ1) is 7.72. The van der Waals surface area contributed by atoms with Crippen LogP contribution in [0.2, 0.25) is 0 Å². The fraction of sp³-hybridized carbons (Fsp3) is 1.00. The van der Waals surface area contributed by atoms with Gasteiger partial charge in [0.25, 0.3) is 0 Å². The van der Waals surface area contributed by atoms with Crippen LogP contribution in [0, 0.1) is 0 Å². The molecule has 0 aromatic carbocycles. The lowest BCUT2D eigenvalue weighted by atomic mass is 9.94. The van der Waals surface area contributed by atoms with Gasteiger partial charge >= 0.3 is 0 Å². The van der Waals surface area contributed by atoms with E-state index in [0.717, 1.165) is 45.3 Å². The van der Waals surface area contributed by atoms with Crippen LogP contribution >= 0.6 is 0 Å². The zero-order valence-electron chi connectivity index (χ0n) is 10.9. The zero-order valence-corrected chi connectivity index (χ0v) is 10.9. The summed E-state index contributed by atoms with van der Waals surface area (Å²) in [6.07, 6.45) is 7.36. The summed E-state index contributed by atoms with van der Waals surface area (Å²) in [6.45, 7) is 6.40. The van der Waals surface area contributed by atoms with Crippen molar-refractivity contribution in [3.63, 3.8) is 0 Å². The number of hydrogen-bond acceptors (Lipinski definition) is 3. The third-order valence-electron chi connectivity index (χ3n) is 3.50. The van der Waals surface area contributed by atoms with E-state index in [2.05, 4.69) is 19.2 Å². The maximum absolute atomic E-state index is 5.86. The highest BCUT2D eigenvalue weighted by Gasteiger charge is 2.18. The van der Waals surface area contributed by atoms with Crippen LogP contribution in [0.1, 0.15) is 52.4 Å². The molecule has 0 aromatic rings. The predicted octanol–water partition coefficient (Wildman–Crippen LogP) is 2.05. The first-order valence-electron chi connectivity index (χ1n) is 6.83. The van der Waals surface area contributed by atoms with Crippen molar-refractivity contribution in [3.8, 4) is 0 Å². The Morgan fingerprint density at radius 2 is 2.00 bits per heavy atom. The Bertz CT molecular complexity index is 167. The molecule has 0 heterocycles. The monoisotopic (exact) mass is 228 g/mol. The molecule has 0 aromatic heterocycles. The van der Waals surface area contributed by atoms with E-state index < -0.39 is 0 Å². The van der Waals surface area contributed by atoms with Crippen molar-refractivity contribution in [3.05, 3.63) is 0 Å². The van der Waals surface area contributed by atoms with Crippen LogP contribution in [-0.2, 0) is 4.74 Å². The third kappa shape index (κ3) is 5.83. The van der Waals surface area contributed by atoms with Gasteiger partial charge in [-0.2, -0.15) is 0 Å². The summed E-state index contributed by atoms with van der Waals surface area (Å²) in [7, 11) is 0. The van der Waals surface area contributed by atoms with Crippen LogP contribution in [0.4, 0.5) is 0 Å². The van der Waals surface area contributed by atoms with Gasteiger partial charge in [0.1, 0.15) is 0 Å². The van der Waals surface area contributed by atoms with E-state index >= 15 is 0 Å². The highest BCUT2D eigenvalue weighted by Crippen LogP contribution is 2.19. The molecule has 0 bridgehead atoms. The molecular formula is C13H28N2O. The molecule has 1 aliphatic carbocycles. The zero-order chi connectivity index (χ0) is 11.8. The Balaban J connectivity index is 1.91. The van der Waals surface area contributed by atoms with Crippen molar-refractivity contribution in [2.45, 2.75) is 70.6 Å². The maximum atomic E-state index is 5.86. The molecule has 1 saturated carbocycles. The second-order valence-electron chi connectivity index (χ2n) is 5.02. The summed E-state index contributed by atoms with van der Waals surface area (Å²) in [5.41, 5.74) is 5.86. The van der Waals surface area contributed by atoms with Gasteiger partial charge in [0.05, 0.1) is 6.10 Å². The first-order valence-corrected chi connectivity index (χ1v) is 6.83. The van der Waals surface area contributed by atoms with Crippen LogP contribution in [0.25, 0.3) is 0 Å². The molecule has 3 heteroatoms. The Kier molecular flexibility index (Phi) is 7.01. The Morgan fingerprint density at radius 3 is 2.62 bits per heavy atom. The predicted molar refractivity (Wildman–Crippen MR) is 68.6 cm³/mol. The van der Waals surface area contributed by atoms with Crippen molar-refractivity contribution < 1.29 is 4.74 Å². The molecule has 0 saturated heterocycles. The Morgan fingerprint density at radius 1 is 1.31 bits per heavy atom. The van der Waals surface area contributed by atoms with Crippen LogP contribution in [-0.4, -0.2) is 31.3 Å². The van der Waals surface area contributed by atoms with Crippen molar-refractivity contribution in [1.82, 2.24) is 5.32 Å². The smallest absolute Gasteiger partial charge is 0.0576 e. The largest absolute Gasteiger partial charge is 0.378 e. The van der Waals surface area contributed by atoms with Gasteiger partial charge in [-0.1, -0.05) is 6.92 Å². The maximum Gasteiger partial charge on any atom is 0.0576 e. The number of rotatable bonds is 7. The number of nitrogens with two attached hydrogens (primary N) is 1. The average molecular weight is 228 g/mol. The molecular weight excluding hydrogens is 200 g/mol. The van der Waals surface area contributed by atoms with Crippen LogP contribution in [0.15, 0.2) is 0 Å². The van der Waals surface area contributed by atoms with Gasteiger partial charge < -0.3 is 15.8 Å². The molecule has 1 fully saturated rings. The normalized spacial score (nSPS) is 27.9. The quantitative estimate of drug-likeness (QED) is 0.656. The van der Waals surface area contributed by atoms with Crippen molar-refractivity contribution in [1.29, 1.82) is 0 Å². The average Bonchev–Trinajstić information content (AvgIpc) is 2.31. The Labute approximate surface area is 100 Å². The molecule has 1 rings (SSSR count). The van der Waals surface area contributed by atoms with Gasteiger partial charge in [0.15, 0.2) is 0 Å². The molecule has 0 aliphatic heterocycles. The number of hydrogen-bond donors (Lipinski definition) is 2. The molecule has 1 aliphatic rings. The van der Waals surface area contributed by atoms with E-state index in [1.54, 1.807) is 0 Å². The van der Waals surface area contributed by atoms with Gasteiger partial charge in [0.2, 0.25) is 0 Å². The van der Waals surface area contributed by atoms with E-state index in [0.29, 0.717) is 18.2 Å². The van der Waals surface area contributed by atoms with Crippen molar-refractivity contribution in [2.75, 3.05) is 13.2 Å². The third-order valence-corrected chi connectivity index (χ3v) is 3.50. The SMILES string of the molecule is CCC(C)NCCCOC1CCC(N)CC1. The molecule has 0 amide bonds. The minimum absolute atomic E-state index is 0.423. The lowest BCUT2D eigenvalue weighted by molar-refractivity contribution is 0.0239. The van der Waals surface area contributed by atoms with Gasteiger partial charge in [-0.3, -0.25) is 0 Å². The van der Waals surface area contributed by atoms with Gasteiger partial charge in [-0.15, -0.1) is 0 Å². The van der Waals surface area contributed by atoms with E-state index in [4.69, 9.17) is 10.5 Å². The summed E-state index contributed by atoms with van der Waals surface area (Å²) in [5, 5.41) is 3.48. The van der Waals surface area contributed by atoms with E-state index in [1.807, 2.05) is 0 Å². The first kappa shape index (κ1) is 13.9. The van der Waals surface area contributed by atoms with Crippen molar-refractivity contribution in [2.24, 2.45) is 5.73 Å². The highest BCUT2D eigenvalue weighted by molar-refractivity contribution is 4.74. The molecule has 96 valence electrons. The number of ether oxygens (including phenoxy) is 1. The topological polar surface area (TPSA) is 47.3 Å². The molecule has 3 nitrogen and oxygen atoms in total. The van der Waals surface area contributed by atoms with E-state index in [9.17, 15) is 0 Å². The Hall–Kier alpha value is -0.120. The van der Waals surface area contributed by atoms with Crippen LogP contribution in [0.5, 0.6) is 0 Å². The standard InChI is InChI=1S/C13H28N2O/c1-3-11(2)15-9-4-10-16-13-7-5-12(14)6-8-13/h11-13,15H,3-10,14H2,1-2H3. The van der Waals surface area contributed by atoms with Crippen LogP contribution in [0.3, 0.4) is 0 Å². The molecule has 3 N–H and O–H groups in total. The van der Waals surface area contributed by atoms with E-state index in [-0.39, 0.29) is 0 Å². The summed E-state index contributed by atoms with van der Waals surface area (Å²) in [5.74, 6) is 0. The molecule has 0 radical (unpaired) electrons. The fourth-order valence-electron chi connectivity index (χ4n) is 2.07. The number of nitrogens with one attached hydrogen (secondary N) is 1. The summed E-state index contributed by atoms with van der Waals surface area (Å²) in [4.78, 5) is 0. The minimum atomic E-state index is 0.423. The molecule has 0 spiro atoms. The van der Waals surface area contributed by atoms with Gasteiger partial charge in [-0.25, -0.2) is 0 Å².